The van der Waals surface area contributed by atoms with Crippen LogP contribution < -0.4 is 4.72 Å². The van der Waals surface area contributed by atoms with Gasteiger partial charge in [0.1, 0.15) is 0 Å². The van der Waals surface area contributed by atoms with Gasteiger partial charge in [-0.1, -0.05) is 0 Å². The summed E-state index contributed by atoms with van der Waals surface area (Å²) in [6.45, 7) is 4.34. The number of nitrogens with zero attached hydrogens (tertiary/aromatic N) is 1. The molecule has 0 amide bonds. The van der Waals surface area contributed by atoms with Gasteiger partial charge in [-0.05, 0) is 38.7 Å². The fraction of sp³-hybridized carbons (Fsp3) is 0.500. The molecule has 1 N–H and O–H groups in total. The summed E-state index contributed by atoms with van der Waals surface area (Å²) in [5, 5.41) is 10.9. The average molecular weight is 336 g/mol. The van der Waals surface area contributed by atoms with Crippen LogP contribution >= 0.6 is 11.8 Å². The molecular formula is C12H17FN2O4S2. The van der Waals surface area contributed by atoms with Crippen LogP contribution in [0.1, 0.15) is 18.1 Å². The van der Waals surface area contributed by atoms with Gasteiger partial charge < -0.3 is 0 Å². The van der Waals surface area contributed by atoms with Crippen molar-refractivity contribution in [2.75, 3.05) is 12.0 Å². The zero-order chi connectivity index (χ0) is 16.4. The Kier molecular flexibility index (Phi) is 5.71. The van der Waals surface area contributed by atoms with Gasteiger partial charge in [0.15, 0.2) is 0 Å². The van der Waals surface area contributed by atoms with Crippen LogP contribution in [-0.4, -0.2) is 31.4 Å². The van der Waals surface area contributed by atoms with Gasteiger partial charge in [-0.15, -0.1) is 0 Å². The summed E-state index contributed by atoms with van der Waals surface area (Å²) in [7, 11) is -3.95. The Morgan fingerprint density at radius 3 is 2.52 bits per heavy atom. The van der Waals surface area contributed by atoms with E-state index in [4.69, 9.17) is 0 Å². The molecule has 21 heavy (non-hydrogen) atoms. The Labute approximate surface area is 127 Å². The van der Waals surface area contributed by atoms with Crippen molar-refractivity contribution in [3.8, 4) is 0 Å². The van der Waals surface area contributed by atoms with Gasteiger partial charge in [-0.25, -0.2) is 13.1 Å². The summed E-state index contributed by atoms with van der Waals surface area (Å²) in [6.07, 6.45) is 1.84. The standard InChI is InChI=1S/C12H17FN2O4S2/c1-7-5-10(13)11(15(16)17)9(3)12(7)21(18,19)14-8(2)6-20-4/h5,8,14H,6H2,1-4H3. The molecule has 0 aliphatic rings. The number of hydrogen-bond acceptors (Lipinski definition) is 5. The normalized spacial score (nSPS) is 13.2. The number of halogens is 1. The van der Waals surface area contributed by atoms with Crippen molar-refractivity contribution in [1.82, 2.24) is 4.72 Å². The summed E-state index contributed by atoms with van der Waals surface area (Å²) >= 11 is 1.47. The number of nitro groups is 1. The van der Waals surface area contributed by atoms with E-state index in [1.807, 2.05) is 6.26 Å². The Morgan fingerprint density at radius 2 is 2.05 bits per heavy atom. The van der Waals surface area contributed by atoms with Crippen LogP contribution in [0, 0.1) is 29.8 Å². The maximum Gasteiger partial charge on any atom is 0.309 e. The lowest BCUT2D eigenvalue weighted by molar-refractivity contribution is -0.388. The minimum atomic E-state index is -3.95. The third-order valence-corrected chi connectivity index (χ3v) is 5.56. The molecule has 0 spiro atoms. The molecular weight excluding hydrogens is 319 g/mol. The summed E-state index contributed by atoms with van der Waals surface area (Å²) in [4.78, 5) is 9.76. The zero-order valence-electron chi connectivity index (χ0n) is 12.1. The third kappa shape index (κ3) is 3.92. The Hall–Kier alpha value is -1.19. The number of aryl methyl sites for hydroxylation is 1. The monoisotopic (exact) mass is 336 g/mol. The van der Waals surface area contributed by atoms with Crippen molar-refractivity contribution < 1.29 is 17.7 Å². The molecule has 1 atom stereocenters. The lowest BCUT2D eigenvalue weighted by atomic mass is 10.1. The van der Waals surface area contributed by atoms with Crippen molar-refractivity contribution in [3.05, 3.63) is 33.1 Å². The quantitative estimate of drug-likeness (QED) is 0.636. The van der Waals surface area contributed by atoms with Gasteiger partial charge in [0.25, 0.3) is 0 Å². The van der Waals surface area contributed by atoms with E-state index in [1.165, 1.54) is 25.6 Å². The summed E-state index contributed by atoms with van der Waals surface area (Å²) < 4.78 is 40.9. The van der Waals surface area contributed by atoms with E-state index in [1.54, 1.807) is 6.92 Å². The highest BCUT2D eigenvalue weighted by molar-refractivity contribution is 7.98. The molecule has 0 aliphatic carbocycles. The van der Waals surface area contributed by atoms with Crippen molar-refractivity contribution in [1.29, 1.82) is 0 Å². The number of thioether (sulfide) groups is 1. The highest BCUT2D eigenvalue weighted by Crippen LogP contribution is 2.31. The smallest absolute Gasteiger partial charge is 0.258 e. The van der Waals surface area contributed by atoms with E-state index >= 15 is 0 Å². The predicted octanol–water partition coefficient (Wildman–Crippen LogP) is 2.38. The van der Waals surface area contributed by atoms with Crippen LogP contribution in [0.2, 0.25) is 0 Å². The maximum atomic E-state index is 13.7. The van der Waals surface area contributed by atoms with Crippen LogP contribution in [0.25, 0.3) is 0 Å². The van der Waals surface area contributed by atoms with Gasteiger partial charge in [0.2, 0.25) is 15.8 Å². The largest absolute Gasteiger partial charge is 0.309 e. The summed E-state index contributed by atoms with van der Waals surface area (Å²) in [6, 6.07) is 0.534. The summed E-state index contributed by atoms with van der Waals surface area (Å²) in [5.74, 6) is -0.480. The highest BCUT2D eigenvalue weighted by Gasteiger charge is 2.30. The van der Waals surface area contributed by atoms with Crippen molar-refractivity contribution in [3.63, 3.8) is 0 Å². The summed E-state index contributed by atoms with van der Waals surface area (Å²) in [5.41, 5.74) is -0.862. The first-order chi connectivity index (χ1) is 9.61. The highest BCUT2D eigenvalue weighted by atomic mass is 32.2. The Morgan fingerprint density at radius 1 is 1.48 bits per heavy atom. The van der Waals surface area contributed by atoms with Gasteiger partial charge in [0.05, 0.1) is 15.4 Å². The second-order valence-electron chi connectivity index (χ2n) is 4.71. The molecule has 0 aliphatic heterocycles. The number of benzene rings is 1. The molecule has 0 radical (unpaired) electrons. The fourth-order valence-electron chi connectivity index (χ4n) is 2.15. The van der Waals surface area contributed by atoms with E-state index in [0.29, 0.717) is 5.75 Å². The molecule has 0 saturated heterocycles. The number of sulfonamides is 1. The number of nitro benzene ring substituents is 1. The van der Waals surface area contributed by atoms with Crippen molar-refractivity contribution in [2.45, 2.75) is 31.7 Å². The van der Waals surface area contributed by atoms with Crippen LogP contribution in [0.3, 0.4) is 0 Å². The van der Waals surface area contributed by atoms with Crippen molar-refractivity contribution >= 4 is 27.5 Å². The Balaban J connectivity index is 3.43. The molecule has 0 aromatic heterocycles. The van der Waals surface area contributed by atoms with Crippen LogP contribution in [0.15, 0.2) is 11.0 Å². The second-order valence-corrected chi connectivity index (χ2v) is 7.27. The molecule has 0 heterocycles. The van der Waals surface area contributed by atoms with Crippen LogP contribution in [0.4, 0.5) is 10.1 Å². The lowest BCUT2D eigenvalue weighted by Crippen LogP contribution is -2.35. The predicted molar refractivity (Wildman–Crippen MR) is 80.7 cm³/mol. The molecule has 0 fully saturated rings. The molecule has 9 heteroatoms. The minimum absolute atomic E-state index is 0.138. The van der Waals surface area contributed by atoms with E-state index in [9.17, 15) is 22.9 Å². The van der Waals surface area contributed by atoms with E-state index in [0.717, 1.165) is 6.07 Å². The van der Waals surface area contributed by atoms with Crippen LogP contribution in [0.5, 0.6) is 0 Å². The number of nitrogens with one attached hydrogen (secondary N) is 1. The third-order valence-electron chi connectivity index (χ3n) is 2.85. The molecule has 0 saturated carbocycles. The second kappa shape index (κ2) is 6.71. The van der Waals surface area contributed by atoms with E-state index < -0.39 is 26.5 Å². The lowest BCUT2D eigenvalue weighted by Gasteiger charge is -2.16. The van der Waals surface area contributed by atoms with E-state index in [-0.39, 0.29) is 22.1 Å². The van der Waals surface area contributed by atoms with Gasteiger partial charge in [-0.2, -0.15) is 16.2 Å². The first kappa shape index (κ1) is 17.9. The van der Waals surface area contributed by atoms with Gasteiger partial charge in [-0.3, -0.25) is 10.1 Å². The maximum absolute atomic E-state index is 13.7. The molecule has 6 nitrogen and oxygen atoms in total. The molecule has 1 aromatic carbocycles. The number of rotatable bonds is 6. The molecule has 0 bridgehead atoms. The molecule has 1 unspecified atom stereocenters. The molecule has 1 aromatic rings. The molecule has 118 valence electrons. The SMILES string of the molecule is CSCC(C)NS(=O)(=O)c1c(C)cc(F)c([N+](=O)[O-])c1C. The average Bonchev–Trinajstić information content (AvgIpc) is 2.25. The van der Waals surface area contributed by atoms with Gasteiger partial charge >= 0.3 is 5.69 Å². The first-order valence-electron chi connectivity index (χ1n) is 6.07. The topological polar surface area (TPSA) is 89.3 Å². The molecule has 1 rings (SSSR count). The number of hydrogen-bond donors (Lipinski definition) is 1. The van der Waals surface area contributed by atoms with Crippen molar-refractivity contribution in [2.24, 2.45) is 0 Å². The first-order valence-corrected chi connectivity index (χ1v) is 8.94. The Bertz CT molecular complexity index is 662. The van der Waals surface area contributed by atoms with E-state index in [2.05, 4.69) is 4.72 Å². The van der Waals surface area contributed by atoms with Gasteiger partial charge in [0, 0.05) is 11.8 Å². The van der Waals surface area contributed by atoms with Crippen LogP contribution in [-0.2, 0) is 10.0 Å². The zero-order valence-corrected chi connectivity index (χ0v) is 13.8. The minimum Gasteiger partial charge on any atom is -0.258 e. The fourth-order valence-corrected chi connectivity index (χ4v) is 4.55.